The summed E-state index contributed by atoms with van der Waals surface area (Å²) in [6, 6.07) is 1.32. The van der Waals surface area contributed by atoms with E-state index in [1.165, 1.54) is 13.8 Å². The Morgan fingerprint density at radius 1 is 1.41 bits per heavy atom. The molecule has 2 amide bonds. The Bertz CT molecular complexity index is 645. The first-order chi connectivity index (χ1) is 9.95. The average Bonchev–Trinajstić information content (AvgIpc) is 2.56. The Kier molecular flexibility index (Phi) is 3.52. The predicted octanol–water partition coefficient (Wildman–Crippen LogP) is 2.24. The van der Waals surface area contributed by atoms with Crippen LogP contribution in [0.2, 0.25) is 0 Å². The summed E-state index contributed by atoms with van der Waals surface area (Å²) in [4.78, 5) is 22.1. The molecule has 1 heterocycles. The molecule has 2 rings (SSSR count). The zero-order chi connectivity index (χ0) is 16.9. The highest BCUT2D eigenvalue weighted by Gasteiger charge is 2.46. The molecular weight excluding hydrogens is 307 g/mol. The molecule has 1 aliphatic heterocycles. The molecule has 7 nitrogen and oxygen atoms in total. The second-order valence-corrected chi connectivity index (χ2v) is 5.35. The molecule has 0 aromatic heterocycles. The molecule has 0 spiro atoms. The monoisotopic (exact) mass is 319 g/mol. The summed E-state index contributed by atoms with van der Waals surface area (Å²) in [5, 5.41) is 23.1. The highest BCUT2D eigenvalue weighted by atomic mass is 19.4. The molecular formula is C12H12F3N3O4. The Balaban J connectivity index is 2.55. The lowest BCUT2D eigenvalue weighted by atomic mass is 10.0. The van der Waals surface area contributed by atoms with Crippen LogP contribution in [0.5, 0.6) is 0 Å². The minimum Gasteiger partial charge on any atom is -0.371 e. The van der Waals surface area contributed by atoms with Crippen molar-refractivity contribution in [3.8, 4) is 0 Å². The van der Waals surface area contributed by atoms with Crippen LogP contribution in [0.1, 0.15) is 19.4 Å². The number of amides is 2. The number of aliphatic hydroxyl groups excluding tert-OH is 1. The number of alkyl halides is 3. The molecule has 1 aromatic rings. The molecule has 0 bridgehead atoms. The number of aliphatic hydroxyl groups is 1. The quantitative estimate of drug-likeness (QED) is 0.645. The van der Waals surface area contributed by atoms with Gasteiger partial charge in [-0.05, 0) is 26.0 Å². The van der Waals surface area contributed by atoms with Gasteiger partial charge in [-0.25, -0.2) is 4.79 Å². The van der Waals surface area contributed by atoms with Gasteiger partial charge in [0.1, 0.15) is 5.56 Å². The number of urea groups is 1. The zero-order valence-electron chi connectivity index (χ0n) is 11.5. The van der Waals surface area contributed by atoms with E-state index in [9.17, 15) is 33.2 Å². The molecule has 1 atom stereocenters. The van der Waals surface area contributed by atoms with Crippen LogP contribution in [-0.2, 0) is 6.18 Å². The van der Waals surface area contributed by atoms with Crippen LogP contribution in [0.25, 0.3) is 0 Å². The molecule has 1 saturated heterocycles. The lowest BCUT2D eigenvalue weighted by Gasteiger charge is -2.26. The van der Waals surface area contributed by atoms with Crippen LogP contribution >= 0.6 is 0 Å². The van der Waals surface area contributed by atoms with E-state index in [0.29, 0.717) is 12.1 Å². The van der Waals surface area contributed by atoms with Crippen LogP contribution in [0.4, 0.5) is 29.3 Å². The Morgan fingerprint density at radius 2 is 2.00 bits per heavy atom. The van der Waals surface area contributed by atoms with Gasteiger partial charge in [0.05, 0.1) is 10.5 Å². The van der Waals surface area contributed by atoms with E-state index in [2.05, 4.69) is 5.32 Å². The molecule has 10 heteroatoms. The summed E-state index contributed by atoms with van der Waals surface area (Å²) < 4.78 is 38.8. The van der Waals surface area contributed by atoms with Crippen LogP contribution in [-0.4, -0.2) is 27.8 Å². The molecule has 1 aromatic carbocycles. The maximum atomic E-state index is 12.9. The first kappa shape index (κ1) is 16.0. The highest BCUT2D eigenvalue weighted by molar-refractivity contribution is 5.96. The number of benzene rings is 1. The molecule has 0 aliphatic carbocycles. The zero-order valence-corrected chi connectivity index (χ0v) is 11.5. The number of nitro groups is 1. The Hall–Kier alpha value is -2.36. The van der Waals surface area contributed by atoms with Gasteiger partial charge >= 0.3 is 12.2 Å². The van der Waals surface area contributed by atoms with E-state index < -0.39 is 40.1 Å². The number of nitrogens with zero attached hydrogens (tertiary/aromatic N) is 2. The molecule has 120 valence electrons. The van der Waals surface area contributed by atoms with Crippen molar-refractivity contribution in [2.24, 2.45) is 0 Å². The second kappa shape index (κ2) is 4.83. The molecule has 2 N–H and O–H groups in total. The van der Waals surface area contributed by atoms with Crippen molar-refractivity contribution < 1.29 is 28.0 Å². The number of carbonyl (C=O) groups is 1. The summed E-state index contributed by atoms with van der Waals surface area (Å²) in [5.74, 6) is 0. The van der Waals surface area contributed by atoms with Crippen molar-refractivity contribution in [3.63, 3.8) is 0 Å². The van der Waals surface area contributed by atoms with E-state index in [1.807, 2.05) is 0 Å². The van der Waals surface area contributed by atoms with E-state index in [4.69, 9.17) is 0 Å². The smallest absolute Gasteiger partial charge is 0.371 e. The molecule has 22 heavy (non-hydrogen) atoms. The molecule has 1 aliphatic rings. The summed E-state index contributed by atoms with van der Waals surface area (Å²) in [7, 11) is 0. The minimum absolute atomic E-state index is 0.284. The topological polar surface area (TPSA) is 95.7 Å². The lowest BCUT2D eigenvalue weighted by molar-refractivity contribution is -0.388. The SMILES string of the molecule is CC1(C)NC(=O)N(c2ccc([N+](=O)[O-])c(C(F)(F)F)c2)C1O. The first-order valence-electron chi connectivity index (χ1n) is 6.10. The van der Waals surface area contributed by atoms with Gasteiger partial charge in [0, 0.05) is 11.8 Å². The van der Waals surface area contributed by atoms with Crippen molar-refractivity contribution in [3.05, 3.63) is 33.9 Å². The fraction of sp³-hybridized carbons (Fsp3) is 0.417. The number of nitrogens with one attached hydrogen (secondary N) is 1. The van der Waals surface area contributed by atoms with Crippen molar-refractivity contribution in [1.29, 1.82) is 0 Å². The third-order valence-corrected chi connectivity index (χ3v) is 3.30. The third-order valence-electron chi connectivity index (χ3n) is 3.30. The fourth-order valence-electron chi connectivity index (χ4n) is 2.15. The van der Waals surface area contributed by atoms with Crippen molar-refractivity contribution in [1.82, 2.24) is 5.32 Å². The van der Waals surface area contributed by atoms with Crippen LogP contribution in [0, 0.1) is 10.1 Å². The summed E-state index contributed by atoms with van der Waals surface area (Å²) >= 11 is 0. The lowest BCUT2D eigenvalue weighted by Crippen LogP contribution is -2.44. The van der Waals surface area contributed by atoms with Crippen molar-refractivity contribution in [2.75, 3.05) is 4.90 Å². The van der Waals surface area contributed by atoms with E-state index >= 15 is 0 Å². The summed E-state index contributed by atoms with van der Waals surface area (Å²) in [6.07, 6.45) is -6.38. The maximum Gasteiger partial charge on any atom is 0.423 e. The third kappa shape index (κ3) is 2.56. The molecule has 1 unspecified atom stereocenters. The summed E-state index contributed by atoms with van der Waals surface area (Å²) in [6.45, 7) is 2.98. The van der Waals surface area contributed by atoms with Gasteiger partial charge in [-0.2, -0.15) is 13.2 Å². The van der Waals surface area contributed by atoms with Gasteiger partial charge in [-0.1, -0.05) is 0 Å². The van der Waals surface area contributed by atoms with Gasteiger partial charge in [0.15, 0.2) is 6.23 Å². The van der Waals surface area contributed by atoms with Crippen LogP contribution < -0.4 is 10.2 Å². The maximum absolute atomic E-state index is 12.9. The number of carbonyl (C=O) groups excluding carboxylic acids is 1. The minimum atomic E-state index is -4.96. The number of halogens is 3. The summed E-state index contributed by atoms with van der Waals surface area (Å²) in [5.41, 5.74) is -3.96. The van der Waals surface area contributed by atoms with Gasteiger partial charge < -0.3 is 10.4 Å². The van der Waals surface area contributed by atoms with Gasteiger partial charge in [0.2, 0.25) is 0 Å². The number of hydrogen-bond donors (Lipinski definition) is 2. The molecule has 0 saturated carbocycles. The Morgan fingerprint density at radius 3 is 2.41 bits per heavy atom. The van der Waals surface area contributed by atoms with Crippen molar-refractivity contribution >= 4 is 17.4 Å². The Labute approximate surface area is 122 Å². The molecule has 0 radical (unpaired) electrons. The van der Waals surface area contributed by atoms with Crippen LogP contribution in [0.3, 0.4) is 0 Å². The van der Waals surface area contributed by atoms with E-state index in [0.717, 1.165) is 11.0 Å². The van der Waals surface area contributed by atoms with E-state index in [-0.39, 0.29) is 5.69 Å². The first-order valence-corrected chi connectivity index (χ1v) is 6.10. The predicted molar refractivity (Wildman–Crippen MR) is 69.2 cm³/mol. The van der Waals surface area contributed by atoms with Crippen molar-refractivity contribution in [2.45, 2.75) is 31.8 Å². The highest BCUT2D eigenvalue weighted by Crippen LogP contribution is 2.39. The van der Waals surface area contributed by atoms with E-state index in [1.54, 1.807) is 0 Å². The second-order valence-electron chi connectivity index (χ2n) is 5.35. The fourth-order valence-corrected chi connectivity index (χ4v) is 2.15. The molecule has 1 fully saturated rings. The largest absolute Gasteiger partial charge is 0.423 e. The number of anilines is 1. The number of hydrogen-bond acceptors (Lipinski definition) is 4. The normalized spacial score (nSPS) is 20.9. The number of nitro benzene ring substituents is 1. The average molecular weight is 319 g/mol. The van der Waals surface area contributed by atoms with Gasteiger partial charge in [0.25, 0.3) is 5.69 Å². The standard InChI is InChI=1S/C12H12F3N3O4/c1-11(2)9(19)17(10(20)16-11)6-3-4-8(18(21)22)7(5-6)12(13,14)15/h3-5,9,19H,1-2H3,(H,16,20). The van der Waals surface area contributed by atoms with Gasteiger partial charge in [-0.15, -0.1) is 0 Å². The van der Waals surface area contributed by atoms with Crippen LogP contribution in [0.15, 0.2) is 18.2 Å². The number of rotatable bonds is 2. The van der Waals surface area contributed by atoms with Gasteiger partial charge in [-0.3, -0.25) is 15.0 Å².